The summed E-state index contributed by atoms with van der Waals surface area (Å²) in [6.07, 6.45) is 15.4. The summed E-state index contributed by atoms with van der Waals surface area (Å²) >= 11 is 0. The standard InChI is InChI=1S/C39H59N3O/c1-27(2)37(43)39(9,10)26-42(36-16-11-12-17-36)32(8)30(6)25-40-38(28(3)4)41-31(7)35-22-20-34(21-23-35)24-33-15-13-14-29(5)18-19-33/h15,20-23,25,27,29,31,36H,3,8,11-14,16-19,24,26H2,1-2,4-7,9-10H3,(H,40,41)/b30-25-. The van der Waals surface area contributed by atoms with Gasteiger partial charge in [0.15, 0.2) is 0 Å². The Hall–Kier alpha value is -2.88. The van der Waals surface area contributed by atoms with Crippen LogP contribution in [-0.4, -0.2) is 29.1 Å². The predicted octanol–water partition coefficient (Wildman–Crippen LogP) is 9.90. The van der Waals surface area contributed by atoms with Gasteiger partial charge < -0.3 is 10.2 Å². The zero-order chi connectivity index (χ0) is 31.7. The first-order valence-electron chi connectivity index (χ1n) is 16.7. The SMILES string of the molecule is C=C(C)C(=NC(C)c1ccc(CC2=CCCC(C)CC2)cc1)N/C=C(/C)C(=C)N(CC(C)(C)C(=O)C(C)C)C1CCCC1. The van der Waals surface area contributed by atoms with Crippen LogP contribution in [0.15, 0.2) is 77.1 Å². The van der Waals surface area contributed by atoms with Crippen molar-refractivity contribution in [1.82, 2.24) is 10.2 Å². The highest BCUT2D eigenvalue weighted by atomic mass is 16.1. The summed E-state index contributed by atoms with van der Waals surface area (Å²) in [6.45, 7) is 26.2. The number of allylic oxidation sites excluding steroid dienone is 3. The van der Waals surface area contributed by atoms with Crippen molar-refractivity contribution in [2.45, 2.75) is 125 Å². The number of Topliss-reactive ketones (excluding diaryl/α,β-unsaturated/α-hetero) is 1. The third kappa shape index (κ3) is 10.1. The molecule has 2 aliphatic rings. The van der Waals surface area contributed by atoms with Crippen LogP contribution in [0.4, 0.5) is 0 Å². The van der Waals surface area contributed by atoms with Gasteiger partial charge in [0, 0.05) is 35.8 Å². The van der Waals surface area contributed by atoms with E-state index < -0.39 is 5.41 Å². The normalized spacial score (nSPS) is 19.6. The molecule has 3 rings (SSSR count). The molecule has 1 aromatic carbocycles. The van der Waals surface area contributed by atoms with Crippen LogP contribution in [0.25, 0.3) is 0 Å². The number of amidine groups is 1. The number of carbonyl (C=O) groups excluding carboxylic acids is 1. The minimum Gasteiger partial charge on any atom is -0.368 e. The van der Waals surface area contributed by atoms with Crippen molar-refractivity contribution in [2.75, 3.05) is 6.54 Å². The van der Waals surface area contributed by atoms with E-state index in [1.54, 1.807) is 5.57 Å². The minimum atomic E-state index is -0.437. The Morgan fingerprint density at radius 2 is 1.72 bits per heavy atom. The lowest BCUT2D eigenvalue weighted by molar-refractivity contribution is -0.131. The van der Waals surface area contributed by atoms with Crippen LogP contribution in [0.5, 0.6) is 0 Å². The zero-order valence-electron chi connectivity index (χ0n) is 28.6. The van der Waals surface area contributed by atoms with Gasteiger partial charge in [-0.1, -0.05) is 96.5 Å². The third-order valence-corrected chi connectivity index (χ3v) is 9.42. The smallest absolute Gasteiger partial charge is 0.142 e. The molecule has 4 heteroatoms. The molecule has 0 saturated heterocycles. The van der Waals surface area contributed by atoms with E-state index >= 15 is 0 Å². The molecule has 2 atom stereocenters. The van der Waals surface area contributed by atoms with Gasteiger partial charge in [-0.3, -0.25) is 9.79 Å². The quantitative estimate of drug-likeness (QED) is 0.108. The highest BCUT2D eigenvalue weighted by molar-refractivity contribution is 5.98. The molecular weight excluding hydrogens is 526 g/mol. The van der Waals surface area contributed by atoms with E-state index in [0.717, 1.165) is 47.9 Å². The van der Waals surface area contributed by atoms with Crippen molar-refractivity contribution >= 4 is 11.6 Å². The second-order valence-corrected chi connectivity index (χ2v) is 14.3. The van der Waals surface area contributed by atoms with Crippen LogP contribution in [-0.2, 0) is 11.2 Å². The average Bonchev–Trinajstić information content (AvgIpc) is 3.42. The molecule has 4 nitrogen and oxygen atoms in total. The zero-order valence-corrected chi connectivity index (χ0v) is 28.6. The molecule has 1 saturated carbocycles. The minimum absolute atomic E-state index is 0.000866. The molecule has 236 valence electrons. The van der Waals surface area contributed by atoms with Crippen molar-refractivity contribution in [3.63, 3.8) is 0 Å². The maximum absolute atomic E-state index is 13.0. The van der Waals surface area contributed by atoms with Crippen LogP contribution < -0.4 is 5.32 Å². The molecule has 0 bridgehead atoms. The van der Waals surface area contributed by atoms with Crippen molar-refractivity contribution in [2.24, 2.45) is 22.2 Å². The van der Waals surface area contributed by atoms with Crippen LogP contribution in [0.2, 0.25) is 0 Å². The second kappa shape index (κ2) is 15.7. The maximum atomic E-state index is 13.0. The number of nitrogens with one attached hydrogen (secondary N) is 1. The first-order valence-corrected chi connectivity index (χ1v) is 16.7. The lowest BCUT2D eigenvalue weighted by Gasteiger charge is -2.39. The molecule has 2 unspecified atom stereocenters. The Morgan fingerprint density at radius 1 is 1.07 bits per heavy atom. The summed E-state index contributed by atoms with van der Waals surface area (Å²) in [5.41, 5.74) is 6.64. The van der Waals surface area contributed by atoms with Gasteiger partial charge in [0.2, 0.25) is 0 Å². The van der Waals surface area contributed by atoms with Gasteiger partial charge in [0.05, 0.1) is 6.04 Å². The fraction of sp³-hybridized carbons (Fsp3) is 0.590. The van der Waals surface area contributed by atoms with Gasteiger partial charge in [-0.15, -0.1) is 0 Å². The fourth-order valence-corrected chi connectivity index (χ4v) is 6.56. The van der Waals surface area contributed by atoms with E-state index in [0.29, 0.717) is 18.4 Å². The largest absolute Gasteiger partial charge is 0.368 e. The Bertz CT molecular complexity index is 1210. The topological polar surface area (TPSA) is 44.7 Å². The number of hydrogen-bond acceptors (Lipinski definition) is 3. The van der Waals surface area contributed by atoms with E-state index in [-0.39, 0.29) is 12.0 Å². The first-order chi connectivity index (χ1) is 20.3. The summed E-state index contributed by atoms with van der Waals surface area (Å²) in [5, 5.41) is 3.45. The summed E-state index contributed by atoms with van der Waals surface area (Å²) in [5.74, 6) is 1.94. The molecule has 0 amide bonds. The fourth-order valence-electron chi connectivity index (χ4n) is 6.56. The maximum Gasteiger partial charge on any atom is 0.142 e. The molecule has 0 radical (unpaired) electrons. The molecule has 1 N–H and O–H groups in total. The van der Waals surface area contributed by atoms with E-state index in [1.165, 1.54) is 49.7 Å². The van der Waals surface area contributed by atoms with Crippen molar-refractivity contribution in [3.8, 4) is 0 Å². The lowest BCUT2D eigenvalue weighted by atomic mass is 9.81. The molecule has 1 aromatic rings. The number of nitrogens with zero attached hydrogens (tertiary/aromatic N) is 2. The number of aliphatic imine (C=N–C) groups is 1. The number of ketones is 1. The van der Waals surface area contributed by atoms with E-state index in [9.17, 15) is 4.79 Å². The molecule has 0 heterocycles. The van der Waals surface area contributed by atoms with Gasteiger partial charge in [-0.25, -0.2) is 0 Å². The highest BCUT2D eigenvalue weighted by Gasteiger charge is 2.35. The number of benzene rings is 1. The van der Waals surface area contributed by atoms with Crippen molar-refractivity contribution in [1.29, 1.82) is 0 Å². The highest BCUT2D eigenvalue weighted by Crippen LogP contribution is 2.33. The first kappa shape index (κ1) is 34.6. The molecule has 0 spiro atoms. The van der Waals surface area contributed by atoms with E-state index in [4.69, 9.17) is 4.99 Å². The van der Waals surface area contributed by atoms with Crippen LogP contribution >= 0.6 is 0 Å². The molecule has 0 aliphatic heterocycles. The van der Waals surface area contributed by atoms with Crippen LogP contribution in [0.3, 0.4) is 0 Å². The molecule has 2 aliphatic carbocycles. The van der Waals surface area contributed by atoms with Crippen molar-refractivity contribution < 1.29 is 4.79 Å². The molecule has 1 fully saturated rings. The van der Waals surface area contributed by atoms with E-state index in [2.05, 4.69) is 88.3 Å². The Kier molecular flexibility index (Phi) is 12.7. The van der Waals surface area contributed by atoms with Gasteiger partial charge >= 0.3 is 0 Å². The average molecular weight is 586 g/mol. The predicted molar refractivity (Wildman–Crippen MR) is 185 cm³/mol. The van der Waals surface area contributed by atoms with Gasteiger partial charge in [-0.05, 0) is 93.9 Å². The lowest BCUT2D eigenvalue weighted by Crippen LogP contribution is -2.44. The Morgan fingerprint density at radius 3 is 2.33 bits per heavy atom. The monoisotopic (exact) mass is 585 g/mol. The Balaban J connectivity index is 1.70. The van der Waals surface area contributed by atoms with Gasteiger partial charge in [0.1, 0.15) is 11.6 Å². The van der Waals surface area contributed by atoms with Crippen LogP contribution in [0, 0.1) is 17.3 Å². The second-order valence-electron chi connectivity index (χ2n) is 14.3. The Labute approximate surface area is 263 Å². The van der Waals surface area contributed by atoms with Gasteiger partial charge in [-0.2, -0.15) is 0 Å². The van der Waals surface area contributed by atoms with Crippen LogP contribution in [0.1, 0.15) is 124 Å². The summed E-state index contributed by atoms with van der Waals surface area (Å²) in [4.78, 5) is 20.5. The third-order valence-electron chi connectivity index (χ3n) is 9.42. The number of hydrogen-bond donors (Lipinski definition) is 1. The molecular formula is C39H59N3O. The molecule has 0 aromatic heterocycles. The number of carbonyl (C=O) groups is 1. The van der Waals surface area contributed by atoms with E-state index in [1.807, 2.05) is 27.0 Å². The summed E-state index contributed by atoms with van der Waals surface area (Å²) in [6, 6.07) is 9.41. The van der Waals surface area contributed by atoms with Crippen molar-refractivity contribution in [3.05, 3.63) is 83.2 Å². The van der Waals surface area contributed by atoms with Gasteiger partial charge in [0.25, 0.3) is 0 Å². The summed E-state index contributed by atoms with van der Waals surface area (Å²) < 4.78 is 0. The number of rotatable bonds is 13. The summed E-state index contributed by atoms with van der Waals surface area (Å²) in [7, 11) is 0. The molecule has 43 heavy (non-hydrogen) atoms.